The van der Waals surface area contributed by atoms with Crippen LogP contribution in [0.3, 0.4) is 0 Å². The fraction of sp³-hybridized carbons (Fsp3) is 0.545. The fourth-order valence-corrected chi connectivity index (χ4v) is 6.11. The maximum Gasteiger partial charge on any atom is 0.291 e. The maximum absolute atomic E-state index is 15.5. The summed E-state index contributed by atoms with van der Waals surface area (Å²) in [5, 5.41) is 0.984. The molecule has 2 aliphatic carbocycles. The normalized spacial score (nSPS) is 30.5. The molecule has 0 amide bonds. The lowest BCUT2D eigenvalue weighted by Crippen LogP contribution is -2.45. The van der Waals surface area contributed by atoms with Crippen molar-refractivity contribution < 1.29 is 13.2 Å². The molecule has 1 saturated carbocycles. The van der Waals surface area contributed by atoms with Crippen molar-refractivity contribution in [3.63, 3.8) is 0 Å². The molecule has 0 saturated heterocycles. The van der Waals surface area contributed by atoms with Gasteiger partial charge in [0.05, 0.1) is 5.56 Å². The summed E-state index contributed by atoms with van der Waals surface area (Å²) in [6.07, 6.45) is 6.11. The highest BCUT2D eigenvalue weighted by Crippen LogP contribution is 2.61. The Morgan fingerprint density at radius 3 is 2.50 bits per heavy atom. The third kappa shape index (κ3) is 2.63. The van der Waals surface area contributed by atoms with Gasteiger partial charge in [-0.25, -0.2) is 4.39 Å². The van der Waals surface area contributed by atoms with E-state index in [2.05, 4.69) is 22.9 Å². The summed E-state index contributed by atoms with van der Waals surface area (Å²) in [6, 6.07) is 8.65. The number of fused-ring (bicyclic) bond motifs is 2. The highest BCUT2D eigenvalue weighted by Gasteiger charge is 2.63. The maximum atomic E-state index is 15.5. The molecule has 0 spiro atoms. The van der Waals surface area contributed by atoms with E-state index in [0.717, 1.165) is 32.1 Å². The number of rotatable bonds is 3. The molecule has 0 radical (unpaired) electrons. The highest BCUT2D eigenvalue weighted by atomic mass is 79.9. The number of halogens is 4. The van der Waals surface area contributed by atoms with Gasteiger partial charge in [0, 0.05) is 5.39 Å². The Morgan fingerprint density at radius 1 is 1.12 bits per heavy atom. The van der Waals surface area contributed by atoms with E-state index < -0.39 is 16.1 Å². The summed E-state index contributed by atoms with van der Waals surface area (Å²) in [6.45, 7) is 2.17. The van der Waals surface area contributed by atoms with Crippen LogP contribution in [0.2, 0.25) is 0 Å². The summed E-state index contributed by atoms with van der Waals surface area (Å²) in [7, 11) is 0. The highest BCUT2D eigenvalue weighted by molar-refractivity contribution is 9.10. The van der Waals surface area contributed by atoms with Crippen LogP contribution in [0.15, 0.2) is 30.3 Å². The van der Waals surface area contributed by atoms with Crippen LogP contribution in [-0.4, -0.2) is 4.32 Å². The smallest absolute Gasteiger partial charge is 0.206 e. The van der Waals surface area contributed by atoms with Crippen molar-refractivity contribution >= 4 is 26.7 Å². The van der Waals surface area contributed by atoms with E-state index in [0.29, 0.717) is 16.9 Å². The molecule has 4 heteroatoms. The molecule has 0 aromatic heterocycles. The van der Waals surface area contributed by atoms with E-state index in [1.807, 2.05) is 6.07 Å². The molecular formula is C22H24BrF3. The largest absolute Gasteiger partial charge is 0.291 e. The van der Waals surface area contributed by atoms with Crippen molar-refractivity contribution in [2.75, 3.05) is 0 Å². The third-order valence-corrected chi connectivity index (χ3v) is 7.97. The average Bonchev–Trinajstić information content (AvgIpc) is 2.83. The van der Waals surface area contributed by atoms with Gasteiger partial charge < -0.3 is 0 Å². The van der Waals surface area contributed by atoms with Crippen LogP contribution in [0, 0.1) is 17.7 Å². The van der Waals surface area contributed by atoms with Crippen LogP contribution in [0.25, 0.3) is 10.8 Å². The topological polar surface area (TPSA) is 0 Å². The Labute approximate surface area is 161 Å². The number of hydrogen-bond donors (Lipinski definition) is 0. The van der Waals surface area contributed by atoms with Gasteiger partial charge in [-0.15, -0.1) is 0 Å². The zero-order valence-electron chi connectivity index (χ0n) is 15.0. The van der Waals surface area contributed by atoms with Crippen molar-refractivity contribution in [1.82, 2.24) is 0 Å². The Balaban J connectivity index is 1.71. The molecular weight excluding hydrogens is 401 g/mol. The average molecular weight is 425 g/mol. The summed E-state index contributed by atoms with van der Waals surface area (Å²) in [5.74, 6) is -3.41. The first kappa shape index (κ1) is 18.3. The number of hydrogen-bond acceptors (Lipinski definition) is 0. The first-order valence-electron chi connectivity index (χ1n) is 9.65. The van der Waals surface area contributed by atoms with Crippen molar-refractivity contribution in [3.05, 3.63) is 47.3 Å². The van der Waals surface area contributed by atoms with Crippen LogP contribution in [0.1, 0.15) is 56.6 Å². The van der Waals surface area contributed by atoms with E-state index in [1.165, 1.54) is 6.42 Å². The molecule has 0 aliphatic heterocycles. The van der Waals surface area contributed by atoms with Gasteiger partial charge in [0.1, 0.15) is 10.1 Å². The lowest BCUT2D eigenvalue weighted by Gasteiger charge is -2.41. The SMILES string of the molecule is CCCC1CCC(C2(Br)Cc3cc4ccccc4c(F)c3C2(F)F)CC1. The lowest BCUT2D eigenvalue weighted by molar-refractivity contribution is -0.0605. The Bertz CT molecular complexity index is 823. The zero-order valence-corrected chi connectivity index (χ0v) is 16.6. The molecule has 26 heavy (non-hydrogen) atoms. The minimum Gasteiger partial charge on any atom is -0.206 e. The molecule has 1 fully saturated rings. The van der Waals surface area contributed by atoms with Crippen LogP contribution in [-0.2, 0) is 12.3 Å². The van der Waals surface area contributed by atoms with Gasteiger partial charge in [-0.3, -0.25) is 0 Å². The predicted octanol–water partition coefficient (Wildman–Crippen LogP) is 7.37. The second-order valence-electron chi connectivity index (χ2n) is 8.07. The van der Waals surface area contributed by atoms with Crippen LogP contribution < -0.4 is 0 Å². The quantitative estimate of drug-likeness (QED) is 0.451. The zero-order chi connectivity index (χ0) is 18.5. The van der Waals surface area contributed by atoms with E-state index in [-0.39, 0.29) is 23.3 Å². The summed E-state index contributed by atoms with van der Waals surface area (Å²) in [5.41, 5.74) is 0.0718. The molecule has 4 rings (SSSR count). The van der Waals surface area contributed by atoms with Crippen LogP contribution in [0.4, 0.5) is 13.2 Å². The molecule has 1 unspecified atom stereocenters. The van der Waals surface area contributed by atoms with E-state index >= 15 is 13.2 Å². The van der Waals surface area contributed by atoms with E-state index in [4.69, 9.17) is 0 Å². The number of alkyl halides is 3. The minimum atomic E-state index is -3.20. The second-order valence-corrected chi connectivity index (χ2v) is 9.48. The molecule has 2 aromatic carbocycles. The molecule has 2 aromatic rings. The Hall–Kier alpha value is -1.03. The predicted molar refractivity (Wildman–Crippen MR) is 104 cm³/mol. The standard InChI is InChI=1S/C22H24BrF3/c1-2-5-14-8-10-17(11-9-14)21(23)13-16-12-15-6-3-4-7-18(15)20(24)19(16)22(21,25)26/h3-4,6-7,12,14,17H,2,5,8-11,13H2,1H3. The van der Waals surface area contributed by atoms with Gasteiger partial charge in [-0.2, -0.15) is 8.78 Å². The van der Waals surface area contributed by atoms with Crippen molar-refractivity contribution in [2.24, 2.45) is 11.8 Å². The second kappa shape index (κ2) is 6.54. The Kier molecular flexibility index (Phi) is 4.61. The number of benzene rings is 2. The van der Waals surface area contributed by atoms with Gasteiger partial charge in [-0.05, 0) is 42.0 Å². The molecule has 140 valence electrons. The lowest BCUT2D eigenvalue weighted by atomic mass is 9.72. The monoisotopic (exact) mass is 424 g/mol. The summed E-state index contributed by atoms with van der Waals surface area (Å²) >= 11 is 3.46. The van der Waals surface area contributed by atoms with Gasteiger partial charge >= 0.3 is 0 Å². The Morgan fingerprint density at radius 2 is 1.81 bits per heavy atom. The van der Waals surface area contributed by atoms with Crippen molar-refractivity contribution in [2.45, 2.75) is 62.1 Å². The molecule has 0 bridgehead atoms. The van der Waals surface area contributed by atoms with Gasteiger partial charge in [0.25, 0.3) is 5.92 Å². The molecule has 0 nitrogen and oxygen atoms in total. The van der Waals surface area contributed by atoms with Gasteiger partial charge in [-0.1, -0.05) is 78.9 Å². The third-order valence-electron chi connectivity index (χ3n) is 6.54. The van der Waals surface area contributed by atoms with Crippen LogP contribution >= 0.6 is 15.9 Å². The first-order chi connectivity index (χ1) is 12.4. The van der Waals surface area contributed by atoms with E-state index in [1.54, 1.807) is 24.3 Å². The molecule has 0 N–H and O–H groups in total. The van der Waals surface area contributed by atoms with Gasteiger partial charge in [0.2, 0.25) is 0 Å². The fourth-order valence-electron chi connectivity index (χ4n) is 5.15. The molecule has 2 aliphatic rings. The van der Waals surface area contributed by atoms with Crippen molar-refractivity contribution in [1.29, 1.82) is 0 Å². The summed E-state index contributed by atoms with van der Waals surface area (Å²) in [4.78, 5) is 0. The van der Waals surface area contributed by atoms with Gasteiger partial charge in [0.15, 0.2) is 0 Å². The van der Waals surface area contributed by atoms with E-state index in [9.17, 15) is 0 Å². The molecule has 0 heterocycles. The minimum absolute atomic E-state index is 0.125. The first-order valence-corrected chi connectivity index (χ1v) is 10.4. The van der Waals surface area contributed by atoms with Crippen molar-refractivity contribution in [3.8, 4) is 0 Å². The van der Waals surface area contributed by atoms with Crippen LogP contribution in [0.5, 0.6) is 0 Å². The molecule has 1 atom stereocenters. The summed E-state index contributed by atoms with van der Waals surface area (Å²) < 4.78 is 44.7.